The number of aromatic nitrogens is 2. The fraction of sp³-hybridized carbons (Fsp3) is 0.400. The molecule has 2 heterocycles. The lowest BCUT2D eigenvalue weighted by atomic mass is 10.2. The molecule has 0 bridgehead atoms. The summed E-state index contributed by atoms with van der Waals surface area (Å²) in [5.41, 5.74) is 7.74. The van der Waals surface area contributed by atoms with E-state index in [1.807, 2.05) is 30.5 Å². The molecular formula is C25H32N2OSi. The highest BCUT2D eigenvalue weighted by molar-refractivity contribution is 6.90. The van der Waals surface area contributed by atoms with Crippen LogP contribution in [0.15, 0.2) is 48.7 Å². The van der Waals surface area contributed by atoms with Gasteiger partial charge in [-0.2, -0.15) is 0 Å². The van der Waals surface area contributed by atoms with Crippen molar-refractivity contribution in [2.45, 2.75) is 58.2 Å². The van der Waals surface area contributed by atoms with Crippen LogP contribution < -0.4 is 4.74 Å². The first-order chi connectivity index (χ1) is 13.8. The van der Waals surface area contributed by atoms with Crippen LogP contribution in [0.5, 0.6) is 5.75 Å². The Kier molecular flexibility index (Phi) is 6.19. The first kappa shape index (κ1) is 21.2. The molecule has 1 aromatic carbocycles. The molecule has 0 aliphatic rings. The third-order valence-electron chi connectivity index (χ3n) is 6.16. The van der Waals surface area contributed by atoms with Crippen LogP contribution in [0.1, 0.15) is 47.2 Å². The third-order valence-corrected chi connectivity index (χ3v) is 12.5. The van der Waals surface area contributed by atoms with Crippen molar-refractivity contribution in [3.8, 4) is 23.0 Å². The average Bonchev–Trinajstić information content (AvgIpc) is 3.05. The summed E-state index contributed by atoms with van der Waals surface area (Å²) in [7, 11) is -0.121. The SMILES string of the molecule is COc1ccc2c(c1)cc(C#C[Si](C(C)C)(C(C)C)C(C)C)n2-c1ccccn1. The van der Waals surface area contributed by atoms with Gasteiger partial charge in [-0.15, -0.1) is 5.54 Å². The summed E-state index contributed by atoms with van der Waals surface area (Å²) in [5, 5.41) is 1.12. The number of nitrogens with zero attached hydrogens (tertiary/aromatic N) is 2. The number of rotatable bonds is 5. The Balaban J connectivity index is 2.26. The first-order valence-corrected chi connectivity index (χ1v) is 12.7. The normalized spacial score (nSPS) is 11.9. The van der Waals surface area contributed by atoms with Crippen LogP contribution in [0.25, 0.3) is 16.7 Å². The predicted molar refractivity (Wildman–Crippen MR) is 126 cm³/mol. The number of methoxy groups -OCH3 is 1. The van der Waals surface area contributed by atoms with Crippen LogP contribution >= 0.6 is 0 Å². The number of hydrogen-bond acceptors (Lipinski definition) is 2. The molecular weight excluding hydrogens is 372 g/mol. The van der Waals surface area contributed by atoms with Gasteiger partial charge < -0.3 is 4.74 Å². The molecule has 0 N–H and O–H groups in total. The lowest BCUT2D eigenvalue weighted by molar-refractivity contribution is 0.415. The summed E-state index contributed by atoms with van der Waals surface area (Å²) in [4.78, 5) is 4.60. The Bertz CT molecular complexity index is 1020. The molecule has 0 fully saturated rings. The van der Waals surface area contributed by atoms with E-state index in [-0.39, 0.29) is 0 Å². The second-order valence-corrected chi connectivity index (χ2v) is 14.2. The number of fused-ring (bicyclic) bond motifs is 1. The highest BCUT2D eigenvalue weighted by Gasteiger charge is 2.41. The lowest BCUT2D eigenvalue weighted by Crippen LogP contribution is -2.43. The molecule has 0 radical (unpaired) electrons. The Morgan fingerprint density at radius 3 is 2.17 bits per heavy atom. The summed E-state index contributed by atoms with van der Waals surface area (Å²) >= 11 is 0. The van der Waals surface area contributed by atoms with E-state index in [0.717, 1.165) is 28.2 Å². The van der Waals surface area contributed by atoms with Gasteiger partial charge in [0.05, 0.1) is 18.3 Å². The van der Waals surface area contributed by atoms with Crippen molar-refractivity contribution in [1.82, 2.24) is 9.55 Å². The van der Waals surface area contributed by atoms with Crippen molar-refractivity contribution in [3.05, 3.63) is 54.4 Å². The minimum atomic E-state index is -1.82. The van der Waals surface area contributed by atoms with Crippen molar-refractivity contribution in [1.29, 1.82) is 0 Å². The molecule has 0 aliphatic heterocycles. The van der Waals surface area contributed by atoms with E-state index < -0.39 is 8.07 Å². The fourth-order valence-corrected chi connectivity index (χ4v) is 9.96. The highest BCUT2D eigenvalue weighted by atomic mass is 28.3. The number of pyridine rings is 1. The molecule has 152 valence electrons. The van der Waals surface area contributed by atoms with Crippen molar-refractivity contribution < 1.29 is 4.74 Å². The van der Waals surface area contributed by atoms with Crippen LogP contribution in [-0.4, -0.2) is 24.7 Å². The quantitative estimate of drug-likeness (QED) is 0.354. The van der Waals surface area contributed by atoms with Gasteiger partial charge in [0, 0.05) is 11.6 Å². The fourth-order valence-electron chi connectivity index (χ4n) is 4.75. The summed E-state index contributed by atoms with van der Waals surface area (Å²) in [5.74, 6) is 5.36. The van der Waals surface area contributed by atoms with Gasteiger partial charge in [-0.25, -0.2) is 4.98 Å². The maximum atomic E-state index is 5.43. The summed E-state index contributed by atoms with van der Waals surface area (Å²) < 4.78 is 7.60. The van der Waals surface area contributed by atoms with E-state index in [9.17, 15) is 0 Å². The topological polar surface area (TPSA) is 27.1 Å². The molecule has 2 aromatic heterocycles. The Hall–Kier alpha value is -2.51. The van der Waals surface area contributed by atoms with Crippen LogP contribution in [0, 0.1) is 11.5 Å². The first-order valence-electron chi connectivity index (χ1n) is 10.4. The van der Waals surface area contributed by atoms with Crippen molar-refractivity contribution in [2.75, 3.05) is 7.11 Å². The Morgan fingerprint density at radius 1 is 0.931 bits per heavy atom. The number of benzene rings is 1. The van der Waals surface area contributed by atoms with Crippen LogP contribution in [0.3, 0.4) is 0 Å². The van der Waals surface area contributed by atoms with Crippen LogP contribution in [0.4, 0.5) is 0 Å². The minimum Gasteiger partial charge on any atom is -0.497 e. The summed E-state index contributed by atoms with van der Waals surface area (Å²) in [6.07, 6.45) is 1.83. The lowest BCUT2D eigenvalue weighted by Gasteiger charge is -2.38. The van der Waals surface area contributed by atoms with E-state index in [1.165, 1.54) is 0 Å². The molecule has 0 saturated carbocycles. The smallest absolute Gasteiger partial charge is 0.146 e. The minimum absolute atomic E-state index is 0.600. The Labute approximate surface area is 176 Å². The zero-order chi connectivity index (χ0) is 21.2. The predicted octanol–water partition coefficient (Wildman–Crippen LogP) is 6.60. The van der Waals surface area contributed by atoms with Crippen LogP contribution in [-0.2, 0) is 0 Å². The molecule has 0 saturated heterocycles. The molecule has 0 amide bonds. The van der Waals surface area contributed by atoms with Crippen LogP contribution in [0.2, 0.25) is 16.6 Å². The molecule has 3 rings (SSSR count). The molecule has 29 heavy (non-hydrogen) atoms. The zero-order valence-corrected chi connectivity index (χ0v) is 19.7. The second kappa shape index (κ2) is 8.47. The van der Waals surface area contributed by atoms with Crippen molar-refractivity contribution in [3.63, 3.8) is 0 Å². The maximum Gasteiger partial charge on any atom is 0.146 e. The van der Waals surface area contributed by atoms with Crippen molar-refractivity contribution >= 4 is 19.0 Å². The van der Waals surface area contributed by atoms with E-state index in [0.29, 0.717) is 16.6 Å². The molecule has 3 nitrogen and oxygen atoms in total. The molecule has 4 heteroatoms. The maximum absolute atomic E-state index is 5.43. The van der Waals surface area contributed by atoms with Gasteiger partial charge in [0.1, 0.15) is 19.6 Å². The second-order valence-electron chi connectivity index (χ2n) is 8.62. The average molecular weight is 405 g/mol. The van der Waals surface area contributed by atoms with Gasteiger partial charge in [-0.05, 0) is 53.0 Å². The molecule has 0 aliphatic carbocycles. The largest absolute Gasteiger partial charge is 0.497 e. The third kappa shape index (κ3) is 3.84. The summed E-state index contributed by atoms with van der Waals surface area (Å²) in [6.45, 7) is 14.1. The van der Waals surface area contributed by atoms with E-state index >= 15 is 0 Å². The number of ether oxygens (including phenoxy) is 1. The molecule has 3 aromatic rings. The molecule has 0 atom stereocenters. The van der Waals surface area contributed by atoms with E-state index in [4.69, 9.17) is 4.74 Å². The van der Waals surface area contributed by atoms with Gasteiger partial charge in [0.2, 0.25) is 0 Å². The molecule has 0 spiro atoms. The Morgan fingerprint density at radius 2 is 1.62 bits per heavy atom. The highest BCUT2D eigenvalue weighted by Crippen LogP contribution is 2.41. The van der Waals surface area contributed by atoms with Gasteiger partial charge in [-0.3, -0.25) is 4.57 Å². The molecule has 0 unspecified atom stereocenters. The monoisotopic (exact) mass is 404 g/mol. The zero-order valence-electron chi connectivity index (χ0n) is 18.7. The van der Waals surface area contributed by atoms with Gasteiger partial charge >= 0.3 is 0 Å². The van der Waals surface area contributed by atoms with Gasteiger partial charge in [0.15, 0.2) is 0 Å². The van der Waals surface area contributed by atoms with Gasteiger partial charge in [0.25, 0.3) is 0 Å². The van der Waals surface area contributed by atoms with Gasteiger partial charge in [-0.1, -0.05) is 53.5 Å². The standard InChI is InChI=1S/C25H32N2OSi/c1-18(2)29(19(3)4,20(5)6)15-13-22-16-21-17-23(28-7)11-12-24(21)27(22)25-10-8-9-14-26-25/h8-12,14,16-20H,1-7H3. The number of hydrogen-bond donors (Lipinski definition) is 0. The van der Waals surface area contributed by atoms with Crippen molar-refractivity contribution in [2.24, 2.45) is 0 Å². The van der Waals surface area contributed by atoms with E-state index in [1.54, 1.807) is 7.11 Å². The summed E-state index contributed by atoms with van der Waals surface area (Å²) in [6, 6.07) is 14.3. The van der Waals surface area contributed by atoms with E-state index in [2.05, 4.69) is 80.8 Å².